The van der Waals surface area contributed by atoms with E-state index in [9.17, 15) is 9.59 Å². The Bertz CT molecular complexity index is 789. The lowest BCUT2D eigenvalue weighted by atomic mass is 9.90. The maximum atomic E-state index is 12.6. The second kappa shape index (κ2) is 7.96. The van der Waals surface area contributed by atoms with Crippen LogP contribution in [0.3, 0.4) is 0 Å². The Labute approximate surface area is 158 Å². The average Bonchev–Trinajstić information content (AvgIpc) is 3.30. The van der Waals surface area contributed by atoms with Crippen LogP contribution in [0.2, 0.25) is 0 Å². The fraction of sp³-hybridized carbons (Fsp3) is 0.526. The van der Waals surface area contributed by atoms with E-state index >= 15 is 0 Å². The van der Waals surface area contributed by atoms with Crippen LogP contribution in [0.4, 0.5) is 0 Å². The zero-order valence-electron chi connectivity index (χ0n) is 16.0. The van der Waals surface area contributed by atoms with Crippen molar-refractivity contribution in [2.45, 2.75) is 38.8 Å². The lowest BCUT2D eigenvalue weighted by molar-refractivity contribution is -0.137. The lowest BCUT2D eigenvalue weighted by Gasteiger charge is -2.41. The largest absolute Gasteiger partial charge is 0.472 e. The number of carbonyl (C=O) groups excluding carboxylic acids is 2. The van der Waals surface area contributed by atoms with Gasteiger partial charge in [-0.2, -0.15) is 5.10 Å². The smallest absolute Gasteiger partial charge is 0.254 e. The van der Waals surface area contributed by atoms with Crippen molar-refractivity contribution < 1.29 is 18.7 Å². The van der Waals surface area contributed by atoms with Gasteiger partial charge in [-0.25, -0.2) is 0 Å². The number of piperidine rings is 1. The second-order valence-electron chi connectivity index (χ2n) is 7.05. The number of carbonyl (C=O) groups is 2. The van der Waals surface area contributed by atoms with Gasteiger partial charge in [-0.1, -0.05) is 0 Å². The molecular formula is C19H26N4O4. The van der Waals surface area contributed by atoms with Crippen LogP contribution in [-0.4, -0.2) is 58.8 Å². The van der Waals surface area contributed by atoms with Gasteiger partial charge in [-0.15, -0.1) is 0 Å². The summed E-state index contributed by atoms with van der Waals surface area (Å²) in [5.74, 6) is -0.142. The summed E-state index contributed by atoms with van der Waals surface area (Å²) < 4.78 is 12.4. The number of hydrogen-bond donors (Lipinski definition) is 1. The van der Waals surface area contributed by atoms with Crippen LogP contribution in [0, 0.1) is 13.8 Å². The van der Waals surface area contributed by atoms with Crippen molar-refractivity contribution in [3.8, 4) is 0 Å². The van der Waals surface area contributed by atoms with Gasteiger partial charge in [0.15, 0.2) is 0 Å². The van der Waals surface area contributed by atoms with E-state index in [-0.39, 0.29) is 18.4 Å². The van der Waals surface area contributed by atoms with Crippen LogP contribution in [0.5, 0.6) is 0 Å². The molecule has 0 radical (unpaired) electrons. The fourth-order valence-electron chi connectivity index (χ4n) is 3.42. The summed E-state index contributed by atoms with van der Waals surface area (Å²) in [6.45, 7) is 5.69. The highest BCUT2D eigenvalue weighted by Crippen LogP contribution is 2.25. The molecule has 1 N–H and O–H groups in total. The van der Waals surface area contributed by atoms with E-state index < -0.39 is 5.60 Å². The Morgan fingerprint density at radius 1 is 1.33 bits per heavy atom. The quantitative estimate of drug-likeness (QED) is 0.828. The molecule has 2 aromatic heterocycles. The molecule has 2 aromatic rings. The molecule has 27 heavy (non-hydrogen) atoms. The van der Waals surface area contributed by atoms with E-state index in [1.807, 2.05) is 24.8 Å². The Hall–Kier alpha value is -2.61. The van der Waals surface area contributed by atoms with Crippen LogP contribution in [0.15, 0.2) is 29.1 Å². The van der Waals surface area contributed by atoms with Crippen molar-refractivity contribution in [1.29, 1.82) is 0 Å². The minimum Gasteiger partial charge on any atom is -0.472 e. The molecule has 8 heteroatoms. The Morgan fingerprint density at radius 3 is 2.63 bits per heavy atom. The summed E-state index contributed by atoms with van der Waals surface area (Å²) in [6, 6.07) is 3.58. The number of hydrogen-bond acceptors (Lipinski definition) is 5. The molecule has 0 aromatic carbocycles. The number of nitrogens with zero attached hydrogens (tertiary/aromatic N) is 3. The van der Waals surface area contributed by atoms with Crippen molar-refractivity contribution >= 4 is 11.8 Å². The van der Waals surface area contributed by atoms with Gasteiger partial charge in [0.25, 0.3) is 5.91 Å². The molecule has 0 unspecified atom stereocenters. The van der Waals surface area contributed by atoms with E-state index in [1.54, 1.807) is 17.9 Å². The lowest BCUT2D eigenvalue weighted by Crippen LogP contribution is -2.53. The van der Waals surface area contributed by atoms with Crippen LogP contribution < -0.4 is 5.32 Å². The topological polar surface area (TPSA) is 89.6 Å². The molecule has 3 heterocycles. The van der Waals surface area contributed by atoms with Crippen LogP contribution in [0.25, 0.3) is 0 Å². The maximum Gasteiger partial charge on any atom is 0.254 e. The number of methoxy groups -OCH3 is 1. The average molecular weight is 374 g/mol. The number of likely N-dealkylation sites (tertiary alicyclic amines) is 1. The molecule has 3 rings (SSSR count). The Balaban J connectivity index is 1.53. The first-order valence-corrected chi connectivity index (χ1v) is 9.07. The molecule has 1 fully saturated rings. The summed E-state index contributed by atoms with van der Waals surface area (Å²) in [6.07, 6.45) is 4.21. The van der Waals surface area contributed by atoms with Crippen molar-refractivity contribution in [1.82, 2.24) is 20.0 Å². The van der Waals surface area contributed by atoms with Gasteiger partial charge < -0.3 is 19.4 Å². The van der Waals surface area contributed by atoms with Crippen LogP contribution in [0.1, 0.15) is 34.6 Å². The van der Waals surface area contributed by atoms with E-state index in [1.165, 1.54) is 12.5 Å². The predicted molar refractivity (Wildman–Crippen MR) is 98.3 cm³/mol. The molecule has 0 aliphatic carbocycles. The van der Waals surface area contributed by atoms with Gasteiger partial charge in [-0.05, 0) is 38.8 Å². The minimum atomic E-state index is -0.464. The standard InChI is InChI=1S/C19H26N4O4/c1-14-10-15(2)23(21-14)11-17(24)22-7-5-19(26-3,6-8-22)13-20-18(25)16-4-9-27-12-16/h4,9-10,12H,5-8,11,13H2,1-3H3,(H,20,25). The molecule has 8 nitrogen and oxygen atoms in total. The summed E-state index contributed by atoms with van der Waals surface area (Å²) in [5.41, 5.74) is 1.91. The summed E-state index contributed by atoms with van der Waals surface area (Å²) in [5, 5.41) is 7.25. The van der Waals surface area contributed by atoms with Crippen molar-refractivity contribution in [2.24, 2.45) is 0 Å². The number of rotatable bonds is 6. The van der Waals surface area contributed by atoms with E-state index in [2.05, 4.69) is 10.4 Å². The monoisotopic (exact) mass is 374 g/mol. The normalized spacial score (nSPS) is 16.3. The molecule has 0 bridgehead atoms. The zero-order chi connectivity index (χ0) is 19.4. The number of aryl methyl sites for hydroxylation is 2. The van der Waals surface area contributed by atoms with Crippen LogP contribution >= 0.6 is 0 Å². The van der Waals surface area contributed by atoms with Gasteiger partial charge in [-0.3, -0.25) is 14.3 Å². The third kappa shape index (κ3) is 4.39. The van der Waals surface area contributed by atoms with Gasteiger partial charge in [0.2, 0.25) is 5.91 Å². The highest BCUT2D eigenvalue weighted by molar-refractivity contribution is 5.93. The van der Waals surface area contributed by atoms with E-state index in [0.29, 0.717) is 38.0 Å². The highest BCUT2D eigenvalue weighted by Gasteiger charge is 2.36. The Kier molecular flexibility index (Phi) is 5.65. The highest BCUT2D eigenvalue weighted by atomic mass is 16.5. The first-order valence-electron chi connectivity index (χ1n) is 9.07. The van der Waals surface area contributed by atoms with Crippen molar-refractivity contribution in [3.05, 3.63) is 41.6 Å². The molecule has 1 saturated heterocycles. The third-order valence-corrected chi connectivity index (χ3v) is 5.20. The number of aromatic nitrogens is 2. The number of amides is 2. The number of furan rings is 1. The second-order valence-corrected chi connectivity index (χ2v) is 7.05. The van der Waals surface area contributed by atoms with E-state index in [4.69, 9.17) is 9.15 Å². The zero-order valence-corrected chi connectivity index (χ0v) is 16.0. The molecule has 1 aliphatic heterocycles. The first-order chi connectivity index (χ1) is 12.9. The summed E-state index contributed by atoms with van der Waals surface area (Å²) >= 11 is 0. The van der Waals surface area contributed by atoms with E-state index in [0.717, 1.165) is 11.4 Å². The number of ether oxygens (including phenoxy) is 1. The molecule has 2 amide bonds. The minimum absolute atomic E-state index is 0.0494. The molecule has 0 spiro atoms. The van der Waals surface area contributed by atoms with Gasteiger partial charge in [0.05, 0.1) is 23.1 Å². The molecule has 0 saturated carbocycles. The molecule has 1 aliphatic rings. The Morgan fingerprint density at radius 2 is 2.07 bits per heavy atom. The predicted octanol–water partition coefficient (Wildman–Crippen LogP) is 1.53. The van der Waals surface area contributed by atoms with Crippen LogP contribution in [-0.2, 0) is 16.1 Å². The maximum absolute atomic E-state index is 12.6. The molecule has 146 valence electrons. The van der Waals surface area contributed by atoms with Crippen molar-refractivity contribution in [3.63, 3.8) is 0 Å². The fourth-order valence-corrected chi connectivity index (χ4v) is 3.42. The third-order valence-electron chi connectivity index (χ3n) is 5.20. The van der Waals surface area contributed by atoms with Gasteiger partial charge >= 0.3 is 0 Å². The number of nitrogens with one attached hydrogen (secondary N) is 1. The summed E-state index contributed by atoms with van der Waals surface area (Å²) in [4.78, 5) is 26.5. The molecular weight excluding hydrogens is 348 g/mol. The first kappa shape index (κ1) is 19.2. The van der Waals surface area contributed by atoms with Crippen molar-refractivity contribution in [2.75, 3.05) is 26.7 Å². The molecule has 0 atom stereocenters. The summed E-state index contributed by atoms with van der Waals surface area (Å²) in [7, 11) is 1.65. The van der Waals surface area contributed by atoms with Gasteiger partial charge in [0.1, 0.15) is 12.8 Å². The van der Waals surface area contributed by atoms with Gasteiger partial charge in [0, 0.05) is 32.4 Å². The SMILES string of the molecule is COC1(CNC(=O)c2ccoc2)CCN(C(=O)Cn2nc(C)cc2C)CC1.